The highest BCUT2D eigenvalue weighted by Crippen LogP contribution is 2.23. The second-order valence-corrected chi connectivity index (χ2v) is 4.43. The Hall–Kier alpha value is -2.40. The smallest absolute Gasteiger partial charge is 0.259 e. The van der Waals surface area contributed by atoms with E-state index in [0.717, 1.165) is 5.69 Å². The summed E-state index contributed by atoms with van der Waals surface area (Å²) in [6, 6.07) is 10.6. The maximum Gasteiger partial charge on any atom is 0.259 e. The van der Waals surface area contributed by atoms with Gasteiger partial charge in [0, 0.05) is 18.4 Å². The quantitative estimate of drug-likeness (QED) is 0.828. The van der Waals surface area contributed by atoms with Crippen molar-refractivity contribution >= 4 is 17.3 Å². The zero-order valence-corrected chi connectivity index (χ0v) is 11.3. The Morgan fingerprint density at radius 3 is 2.65 bits per heavy atom. The summed E-state index contributed by atoms with van der Waals surface area (Å²) in [5.41, 5.74) is 8.29. The Morgan fingerprint density at radius 1 is 1.30 bits per heavy atom. The van der Waals surface area contributed by atoms with Crippen LogP contribution in [-0.4, -0.2) is 29.1 Å². The summed E-state index contributed by atoms with van der Waals surface area (Å²) in [4.78, 5) is 18.1. The molecule has 0 unspecified atom stereocenters. The van der Waals surface area contributed by atoms with Crippen LogP contribution in [0.1, 0.15) is 16.1 Å². The van der Waals surface area contributed by atoms with Gasteiger partial charge in [-0.15, -0.1) is 0 Å². The zero-order valence-electron chi connectivity index (χ0n) is 11.3. The van der Waals surface area contributed by atoms with Crippen LogP contribution in [0.2, 0.25) is 0 Å². The Labute approximate surface area is 117 Å². The summed E-state index contributed by atoms with van der Waals surface area (Å²) in [6.07, 6.45) is 1.53. The van der Waals surface area contributed by atoms with Crippen molar-refractivity contribution in [2.24, 2.45) is 0 Å². The van der Waals surface area contributed by atoms with Crippen molar-refractivity contribution in [1.29, 1.82) is 0 Å². The molecule has 0 spiro atoms. The monoisotopic (exact) mass is 271 g/mol. The Bertz CT molecular complexity index is 596. The number of carbonyl (C=O) groups is 1. The van der Waals surface area contributed by atoms with Crippen molar-refractivity contribution in [2.75, 3.05) is 23.8 Å². The van der Waals surface area contributed by atoms with Gasteiger partial charge in [-0.05, 0) is 31.2 Å². The van der Waals surface area contributed by atoms with E-state index in [-0.39, 0.29) is 19.1 Å². The van der Waals surface area contributed by atoms with Gasteiger partial charge < -0.3 is 15.7 Å². The van der Waals surface area contributed by atoms with Crippen molar-refractivity contribution in [3.8, 4) is 0 Å². The second-order valence-electron chi connectivity index (χ2n) is 4.43. The zero-order chi connectivity index (χ0) is 14.5. The molecule has 1 amide bonds. The maximum atomic E-state index is 12.5. The molecule has 0 saturated carbocycles. The number of carbonyl (C=O) groups excluding carboxylic acids is 1. The van der Waals surface area contributed by atoms with Gasteiger partial charge >= 0.3 is 0 Å². The standard InChI is InChI=1S/C15H17N3O2/c1-11-6-7-12(10-17-11)15(20)18(8-9-19)14-5-3-2-4-13(14)16/h2-7,10,19H,8-9,16H2,1H3. The minimum Gasteiger partial charge on any atom is -0.397 e. The van der Waals surface area contributed by atoms with E-state index in [2.05, 4.69) is 4.98 Å². The number of hydrogen-bond donors (Lipinski definition) is 2. The molecule has 2 aromatic rings. The summed E-state index contributed by atoms with van der Waals surface area (Å²) in [5, 5.41) is 9.18. The fraction of sp³-hybridized carbons (Fsp3) is 0.200. The number of aryl methyl sites for hydroxylation is 1. The van der Waals surface area contributed by atoms with Crippen molar-refractivity contribution in [3.05, 3.63) is 53.9 Å². The fourth-order valence-electron chi connectivity index (χ4n) is 1.91. The number of aliphatic hydroxyl groups is 1. The van der Waals surface area contributed by atoms with Gasteiger partial charge in [0.05, 0.1) is 23.5 Å². The molecule has 20 heavy (non-hydrogen) atoms. The molecule has 1 aromatic heterocycles. The largest absolute Gasteiger partial charge is 0.397 e. The third-order valence-electron chi connectivity index (χ3n) is 2.95. The Balaban J connectivity index is 2.36. The number of rotatable bonds is 4. The summed E-state index contributed by atoms with van der Waals surface area (Å²) >= 11 is 0. The van der Waals surface area contributed by atoms with Gasteiger partial charge in [0.1, 0.15) is 0 Å². The molecule has 0 atom stereocenters. The van der Waals surface area contributed by atoms with Crippen molar-refractivity contribution < 1.29 is 9.90 Å². The molecule has 5 nitrogen and oxygen atoms in total. The van der Waals surface area contributed by atoms with Crippen LogP contribution >= 0.6 is 0 Å². The van der Waals surface area contributed by atoms with Gasteiger partial charge in [0.15, 0.2) is 0 Å². The van der Waals surface area contributed by atoms with Crippen LogP contribution < -0.4 is 10.6 Å². The molecular weight excluding hydrogens is 254 g/mol. The van der Waals surface area contributed by atoms with Crippen LogP contribution in [0.25, 0.3) is 0 Å². The number of para-hydroxylation sites is 2. The maximum absolute atomic E-state index is 12.5. The number of anilines is 2. The second kappa shape index (κ2) is 6.16. The molecule has 5 heteroatoms. The molecule has 0 aliphatic rings. The number of nitrogens with zero attached hydrogens (tertiary/aromatic N) is 2. The summed E-state index contributed by atoms with van der Waals surface area (Å²) in [5.74, 6) is -0.232. The molecule has 3 N–H and O–H groups in total. The van der Waals surface area contributed by atoms with Gasteiger partial charge in [0.2, 0.25) is 0 Å². The molecule has 1 heterocycles. The molecule has 0 aliphatic carbocycles. The lowest BCUT2D eigenvalue weighted by atomic mass is 10.2. The number of hydrogen-bond acceptors (Lipinski definition) is 4. The van der Waals surface area contributed by atoms with Crippen LogP contribution in [-0.2, 0) is 0 Å². The van der Waals surface area contributed by atoms with E-state index in [9.17, 15) is 9.90 Å². The van der Waals surface area contributed by atoms with Crippen LogP contribution in [0.4, 0.5) is 11.4 Å². The average molecular weight is 271 g/mol. The number of nitrogens with two attached hydrogens (primary N) is 1. The lowest BCUT2D eigenvalue weighted by molar-refractivity contribution is 0.0981. The van der Waals surface area contributed by atoms with Crippen LogP contribution in [0, 0.1) is 6.92 Å². The summed E-state index contributed by atoms with van der Waals surface area (Å²) < 4.78 is 0. The first kappa shape index (κ1) is 14.0. The number of benzene rings is 1. The van der Waals surface area contributed by atoms with Gasteiger partial charge in [0.25, 0.3) is 5.91 Å². The van der Waals surface area contributed by atoms with E-state index in [1.165, 1.54) is 11.1 Å². The van der Waals surface area contributed by atoms with Crippen molar-refractivity contribution in [2.45, 2.75) is 6.92 Å². The average Bonchev–Trinajstić information content (AvgIpc) is 2.46. The highest BCUT2D eigenvalue weighted by molar-refractivity contribution is 6.07. The summed E-state index contributed by atoms with van der Waals surface area (Å²) in [6.45, 7) is 1.90. The number of nitrogen functional groups attached to an aromatic ring is 1. The Morgan fingerprint density at radius 2 is 2.05 bits per heavy atom. The summed E-state index contributed by atoms with van der Waals surface area (Å²) in [7, 11) is 0. The third kappa shape index (κ3) is 2.95. The molecule has 0 radical (unpaired) electrons. The minimum absolute atomic E-state index is 0.140. The lowest BCUT2D eigenvalue weighted by Crippen LogP contribution is -2.34. The van der Waals surface area contributed by atoms with Crippen LogP contribution in [0.15, 0.2) is 42.6 Å². The molecule has 0 bridgehead atoms. The number of amides is 1. The number of aromatic nitrogens is 1. The Kier molecular flexibility index (Phi) is 4.32. The van der Waals surface area contributed by atoms with E-state index in [4.69, 9.17) is 5.73 Å². The molecule has 1 aromatic carbocycles. The predicted octanol–water partition coefficient (Wildman–Crippen LogP) is 1.61. The first-order valence-electron chi connectivity index (χ1n) is 6.33. The molecule has 104 valence electrons. The van der Waals surface area contributed by atoms with Gasteiger partial charge in [-0.2, -0.15) is 0 Å². The molecule has 0 aliphatic heterocycles. The molecular formula is C15H17N3O2. The number of aliphatic hydroxyl groups excluding tert-OH is 1. The normalized spacial score (nSPS) is 10.3. The topological polar surface area (TPSA) is 79.5 Å². The van der Waals surface area contributed by atoms with Crippen molar-refractivity contribution in [3.63, 3.8) is 0 Å². The fourth-order valence-corrected chi connectivity index (χ4v) is 1.91. The highest BCUT2D eigenvalue weighted by Gasteiger charge is 2.19. The van der Waals surface area contributed by atoms with E-state index >= 15 is 0 Å². The van der Waals surface area contributed by atoms with Crippen molar-refractivity contribution in [1.82, 2.24) is 4.98 Å². The van der Waals surface area contributed by atoms with Gasteiger partial charge in [-0.1, -0.05) is 12.1 Å². The third-order valence-corrected chi connectivity index (χ3v) is 2.95. The van der Waals surface area contributed by atoms with Crippen LogP contribution in [0.3, 0.4) is 0 Å². The molecule has 0 fully saturated rings. The first-order valence-corrected chi connectivity index (χ1v) is 6.33. The molecule has 2 rings (SSSR count). The SMILES string of the molecule is Cc1ccc(C(=O)N(CCO)c2ccccc2N)cn1. The van der Waals surface area contributed by atoms with Gasteiger partial charge in [-0.25, -0.2) is 0 Å². The van der Waals surface area contributed by atoms with E-state index in [1.807, 2.05) is 6.92 Å². The minimum atomic E-state index is -0.232. The first-order chi connectivity index (χ1) is 9.63. The van der Waals surface area contributed by atoms with Crippen LogP contribution in [0.5, 0.6) is 0 Å². The molecule has 0 saturated heterocycles. The van der Waals surface area contributed by atoms with Gasteiger partial charge in [-0.3, -0.25) is 9.78 Å². The van der Waals surface area contributed by atoms with E-state index in [1.54, 1.807) is 36.4 Å². The van der Waals surface area contributed by atoms with E-state index in [0.29, 0.717) is 16.9 Å². The van der Waals surface area contributed by atoms with E-state index < -0.39 is 0 Å². The number of pyridine rings is 1. The lowest BCUT2D eigenvalue weighted by Gasteiger charge is -2.23. The highest BCUT2D eigenvalue weighted by atomic mass is 16.3. The predicted molar refractivity (Wildman–Crippen MR) is 78.6 cm³/mol.